The number of hydrogen-bond donors (Lipinski definition) is 4. The van der Waals surface area contributed by atoms with Gasteiger partial charge in [0.05, 0.1) is 29.4 Å². The van der Waals surface area contributed by atoms with Gasteiger partial charge in [0.1, 0.15) is 11.7 Å². The molecule has 0 radical (unpaired) electrons. The third-order valence-electron chi connectivity index (χ3n) is 9.24. The first kappa shape index (κ1) is 38.9. The number of carbonyl (C=O) groups is 3. The molecule has 0 spiro atoms. The van der Waals surface area contributed by atoms with E-state index in [-0.39, 0.29) is 29.3 Å². The molecule has 1 fully saturated rings. The maximum atomic E-state index is 14.0. The number of thioether (sulfide) groups is 1. The van der Waals surface area contributed by atoms with Crippen LogP contribution < -0.4 is 16.0 Å². The van der Waals surface area contributed by atoms with E-state index in [1.807, 2.05) is 125 Å². The average Bonchev–Trinajstić information content (AvgIpc) is 3.12. The minimum absolute atomic E-state index is 0.0728. The van der Waals surface area contributed by atoms with Gasteiger partial charge in [0.15, 0.2) is 0 Å². The van der Waals surface area contributed by atoms with Gasteiger partial charge >= 0.3 is 0 Å². The molecule has 2 aromatic heterocycles. The van der Waals surface area contributed by atoms with Gasteiger partial charge in [0.25, 0.3) is 5.91 Å². The molecule has 4 aromatic rings. The van der Waals surface area contributed by atoms with Gasteiger partial charge in [-0.25, -0.2) is 4.98 Å². The number of pyridine rings is 2. The van der Waals surface area contributed by atoms with Crippen molar-refractivity contribution in [3.8, 4) is 0 Å². The Labute approximate surface area is 311 Å². The highest BCUT2D eigenvalue weighted by Gasteiger charge is 2.38. The SMILES string of the molecule is CC(C)[C@H](NC(=O)c1ccc2ccccc2n1)C(=O)NC(Cc1ccccc1)C(O)CN1CCC(SCc2ccccn2)CC1C(=O)NC(C)(C)C. The monoisotopic (exact) mass is 724 g/mol. The zero-order valence-electron chi connectivity index (χ0n) is 30.8. The van der Waals surface area contributed by atoms with E-state index >= 15 is 0 Å². The maximum absolute atomic E-state index is 14.0. The second kappa shape index (κ2) is 17.9. The molecule has 5 rings (SSSR count). The van der Waals surface area contributed by atoms with Crippen molar-refractivity contribution in [3.63, 3.8) is 0 Å². The first-order valence-corrected chi connectivity index (χ1v) is 19.2. The normalized spacial score (nSPS) is 18.4. The Bertz CT molecular complexity index is 1780. The van der Waals surface area contributed by atoms with E-state index < -0.39 is 41.6 Å². The van der Waals surface area contributed by atoms with Gasteiger partial charge < -0.3 is 21.1 Å². The molecule has 1 aliphatic heterocycles. The number of para-hydroxylation sites is 1. The smallest absolute Gasteiger partial charge is 0.270 e. The Morgan fingerprint density at radius 3 is 2.38 bits per heavy atom. The molecular formula is C41H52N6O4S. The highest BCUT2D eigenvalue weighted by Crippen LogP contribution is 2.30. The Balaban J connectivity index is 1.31. The summed E-state index contributed by atoms with van der Waals surface area (Å²) in [6.07, 6.45) is 2.64. The lowest BCUT2D eigenvalue weighted by atomic mass is 9.95. The number of aromatic nitrogens is 2. The molecule has 2 aromatic carbocycles. The molecule has 5 atom stereocenters. The summed E-state index contributed by atoms with van der Waals surface area (Å²) < 4.78 is 0. The lowest BCUT2D eigenvalue weighted by molar-refractivity contribution is -0.130. The third kappa shape index (κ3) is 11.1. The quantitative estimate of drug-likeness (QED) is 0.140. The predicted molar refractivity (Wildman–Crippen MR) is 208 cm³/mol. The van der Waals surface area contributed by atoms with Gasteiger partial charge in [-0.05, 0) is 75.8 Å². The number of β-amino-alcohol motifs (C(OH)–C–C–N with tert-alkyl or cyclic N) is 1. The zero-order chi connectivity index (χ0) is 37.3. The lowest BCUT2D eigenvalue weighted by Gasteiger charge is -2.41. The van der Waals surface area contributed by atoms with Crippen molar-refractivity contribution in [3.05, 3.63) is 108 Å². The number of nitrogens with zero attached hydrogens (tertiary/aromatic N) is 3. The molecule has 4 unspecified atom stereocenters. The van der Waals surface area contributed by atoms with Crippen LogP contribution in [0.15, 0.2) is 91.1 Å². The summed E-state index contributed by atoms with van der Waals surface area (Å²) in [5.74, 6) is -0.396. The van der Waals surface area contributed by atoms with Gasteiger partial charge in [0.2, 0.25) is 11.8 Å². The Hall–Kier alpha value is -4.32. The summed E-state index contributed by atoms with van der Waals surface area (Å²) in [6, 6.07) is 24.6. The number of hydrogen-bond acceptors (Lipinski definition) is 8. The lowest BCUT2D eigenvalue weighted by Crippen LogP contribution is -2.60. The van der Waals surface area contributed by atoms with Crippen LogP contribution in [0.4, 0.5) is 0 Å². The number of piperidine rings is 1. The van der Waals surface area contributed by atoms with Crippen LogP contribution in [0.25, 0.3) is 10.9 Å². The summed E-state index contributed by atoms with van der Waals surface area (Å²) in [5, 5.41) is 22.2. The predicted octanol–water partition coefficient (Wildman–Crippen LogP) is 5.15. The molecule has 10 nitrogen and oxygen atoms in total. The van der Waals surface area contributed by atoms with Crippen molar-refractivity contribution >= 4 is 40.4 Å². The fourth-order valence-electron chi connectivity index (χ4n) is 6.50. The number of benzene rings is 2. The molecule has 3 heterocycles. The van der Waals surface area contributed by atoms with Crippen molar-refractivity contribution in [1.82, 2.24) is 30.8 Å². The maximum Gasteiger partial charge on any atom is 0.270 e. The number of fused-ring (bicyclic) bond motifs is 1. The van der Waals surface area contributed by atoms with Crippen LogP contribution in [-0.2, 0) is 21.8 Å². The first-order valence-electron chi connectivity index (χ1n) is 18.1. The van der Waals surface area contributed by atoms with E-state index in [0.717, 1.165) is 28.8 Å². The standard InChI is InChI=1S/C41H52N6O4S/c1-27(2)37(45-38(49)33-19-18-29-15-9-10-17-32(29)43-33)40(51)44-34(23-28-13-7-6-8-14-28)36(48)25-47-22-20-31(52-26-30-16-11-12-21-42-30)24-35(47)39(50)46-41(3,4)5/h6-19,21,27,31,34-37,48H,20,22-26H2,1-5H3,(H,44,51)(H,45,49)(H,46,50)/t31?,34?,35?,36?,37-/m0/s1. The Morgan fingerprint density at radius 2 is 1.67 bits per heavy atom. The molecule has 0 bridgehead atoms. The molecular weight excluding hydrogens is 673 g/mol. The van der Waals surface area contributed by atoms with E-state index in [9.17, 15) is 19.5 Å². The number of amides is 3. The third-order valence-corrected chi connectivity index (χ3v) is 10.6. The van der Waals surface area contributed by atoms with Crippen molar-refractivity contribution < 1.29 is 19.5 Å². The van der Waals surface area contributed by atoms with Crippen molar-refractivity contribution in [1.29, 1.82) is 0 Å². The molecule has 1 saturated heterocycles. The Kier molecular flexibility index (Phi) is 13.4. The minimum atomic E-state index is -1.00. The summed E-state index contributed by atoms with van der Waals surface area (Å²) in [5.41, 5.74) is 2.45. The number of aliphatic hydroxyl groups is 1. The second-order valence-electron chi connectivity index (χ2n) is 15.0. The topological polar surface area (TPSA) is 137 Å². The van der Waals surface area contributed by atoms with Crippen molar-refractivity contribution in [2.45, 2.75) is 94.7 Å². The molecule has 3 amide bonds. The number of likely N-dealkylation sites (tertiary alicyclic amines) is 1. The van der Waals surface area contributed by atoms with Gasteiger partial charge in [0, 0.05) is 41.2 Å². The van der Waals surface area contributed by atoms with E-state index in [1.165, 1.54) is 0 Å². The van der Waals surface area contributed by atoms with Crippen LogP contribution in [0.3, 0.4) is 0 Å². The van der Waals surface area contributed by atoms with Crippen LogP contribution in [-0.4, -0.2) is 85.8 Å². The van der Waals surface area contributed by atoms with Crippen LogP contribution in [0.5, 0.6) is 0 Å². The first-order chi connectivity index (χ1) is 24.9. The van der Waals surface area contributed by atoms with Crippen LogP contribution >= 0.6 is 11.8 Å². The largest absolute Gasteiger partial charge is 0.390 e. The van der Waals surface area contributed by atoms with Crippen molar-refractivity contribution in [2.24, 2.45) is 5.92 Å². The number of rotatable bonds is 14. The van der Waals surface area contributed by atoms with Gasteiger partial charge in [-0.3, -0.25) is 24.3 Å². The fourth-order valence-corrected chi connectivity index (χ4v) is 7.67. The van der Waals surface area contributed by atoms with E-state index in [1.54, 1.807) is 12.3 Å². The van der Waals surface area contributed by atoms with Gasteiger partial charge in [-0.1, -0.05) is 74.5 Å². The fraction of sp³-hybridized carbons (Fsp3) is 0.439. The van der Waals surface area contributed by atoms with Gasteiger partial charge in [-0.2, -0.15) is 11.8 Å². The summed E-state index contributed by atoms with van der Waals surface area (Å²) in [6.45, 7) is 10.4. The molecule has 4 N–H and O–H groups in total. The highest BCUT2D eigenvalue weighted by molar-refractivity contribution is 7.99. The minimum Gasteiger partial charge on any atom is -0.390 e. The summed E-state index contributed by atoms with van der Waals surface area (Å²) in [7, 11) is 0. The van der Waals surface area contributed by atoms with Crippen molar-refractivity contribution in [2.75, 3.05) is 13.1 Å². The summed E-state index contributed by atoms with van der Waals surface area (Å²) >= 11 is 1.81. The Morgan fingerprint density at radius 1 is 0.942 bits per heavy atom. The second-order valence-corrected chi connectivity index (χ2v) is 16.3. The van der Waals surface area contributed by atoms with Crippen LogP contribution in [0, 0.1) is 5.92 Å². The zero-order valence-corrected chi connectivity index (χ0v) is 31.6. The van der Waals surface area contributed by atoms with Gasteiger partial charge in [-0.15, -0.1) is 0 Å². The van der Waals surface area contributed by atoms with E-state index in [2.05, 4.69) is 30.8 Å². The molecule has 0 aliphatic carbocycles. The number of carbonyl (C=O) groups excluding carboxylic acids is 3. The summed E-state index contributed by atoms with van der Waals surface area (Å²) in [4.78, 5) is 52.1. The van der Waals surface area contributed by atoms with Crippen LogP contribution in [0.1, 0.15) is 69.2 Å². The molecule has 11 heteroatoms. The highest BCUT2D eigenvalue weighted by atomic mass is 32.2. The molecule has 276 valence electrons. The molecule has 1 aliphatic rings. The average molecular weight is 725 g/mol. The molecule has 0 saturated carbocycles. The van der Waals surface area contributed by atoms with Crippen LogP contribution in [0.2, 0.25) is 0 Å². The van der Waals surface area contributed by atoms with E-state index in [4.69, 9.17) is 0 Å². The number of nitrogens with one attached hydrogen (secondary N) is 3. The molecule has 52 heavy (non-hydrogen) atoms. The van der Waals surface area contributed by atoms with E-state index in [0.29, 0.717) is 24.9 Å². The number of aliphatic hydroxyl groups excluding tert-OH is 1.